The standard InChI is InChI=1S/C20H22Cl2N4O/c1-20(11-23)7-9-26(10-8-20)19-24-15-6-5-12(16(15)18(27)25-19)13-3-2-4-14(21)17(13)22/h2-5H,6-11,23H2,1H3,(H,24,25,27). The molecule has 0 spiro atoms. The van der Waals surface area contributed by atoms with E-state index in [9.17, 15) is 4.79 Å². The van der Waals surface area contributed by atoms with Gasteiger partial charge < -0.3 is 10.6 Å². The van der Waals surface area contributed by atoms with Gasteiger partial charge in [-0.05, 0) is 36.4 Å². The van der Waals surface area contributed by atoms with Crippen LogP contribution in [0.3, 0.4) is 0 Å². The maximum Gasteiger partial charge on any atom is 0.260 e. The van der Waals surface area contributed by atoms with Crippen LogP contribution in [0.4, 0.5) is 5.95 Å². The number of benzene rings is 1. The van der Waals surface area contributed by atoms with Crippen molar-refractivity contribution in [3.8, 4) is 0 Å². The summed E-state index contributed by atoms with van der Waals surface area (Å²) in [5.41, 5.74) is 8.86. The van der Waals surface area contributed by atoms with Crippen molar-refractivity contribution in [1.29, 1.82) is 0 Å². The molecular weight excluding hydrogens is 383 g/mol. The number of rotatable bonds is 3. The van der Waals surface area contributed by atoms with E-state index < -0.39 is 0 Å². The Labute approximate surface area is 168 Å². The van der Waals surface area contributed by atoms with E-state index in [1.165, 1.54) is 0 Å². The molecular formula is C20H22Cl2N4O. The molecule has 1 aliphatic carbocycles. The summed E-state index contributed by atoms with van der Waals surface area (Å²) < 4.78 is 0. The van der Waals surface area contributed by atoms with Gasteiger partial charge in [0.1, 0.15) is 0 Å². The number of piperidine rings is 1. The number of aromatic nitrogens is 2. The number of anilines is 1. The molecule has 27 heavy (non-hydrogen) atoms. The van der Waals surface area contributed by atoms with Gasteiger partial charge in [-0.25, -0.2) is 4.98 Å². The molecule has 0 amide bonds. The third kappa shape index (κ3) is 3.28. The van der Waals surface area contributed by atoms with Crippen molar-refractivity contribution in [1.82, 2.24) is 9.97 Å². The molecule has 2 aromatic rings. The molecule has 142 valence electrons. The normalized spacial score (nSPS) is 18.4. The minimum absolute atomic E-state index is 0.137. The van der Waals surface area contributed by atoms with Gasteiger partial charge in [-0.3, -0.25) is 9.78 Å². The Morgan fingerprint density at radius 3 is 2.74 bits per heavy atom. The monoisotopic (exact) mass is 404 g/mol. The molecule has 1 saturated heterocycles. The number of aromatic amines is 1. The van der Waals surface area contributed by atoms with Crippen LogP contribution in [0.15, 0.2) is 29.1 Å². The van der Waals surface area contributed by atoms with Crippen molar-refractivity contribution in [2.24, 2.45) is 11.1 Å². The quantitative estimate of drug-likeness (QED) is 0.818. The fraction of sp³-hybridized carbons (Fsp3) is 0.400. The van der Waals surface area contributed by atoms with Crippen LogP contribution >= 0.6 is 23.2 Å². The summed E-state index contributed by atoms with van der Waals surface area (Å²) in [5, 5.41) is 0.930. The molecule has 1 aliphatic heterocycles. The minimum atomic E-state index is -0.137. The van der Waals surface area contributed by atoms with Gasteiger partial charge in [-0.15, -0.1) is 0 Å². The van der Waals surface area contributed by atoms with Gasteiger partial charge in [0.25, 0.3) is 5.56 Å². The van der Waals surface area contributed by atoms with Crippen LogP contribution in [0.1, 0.15) is 36.6 Å². The van der Waals surface area contributed by atoms with E-state index in [1.807, 2.05) is 18.2 Å². The smallest absolute Gasteiger partial charge is 0.260 e. The van der Waals surface area contributed by atoms with Gasteiger partial charge in [0.2, 0.25) is 5.95 Å². The van der Waals surface area contributed by atoms with Crippen molar-refractivity contribution < 1.29 is 0 Å². The van der Waals surface area contributed by atoms with E-state index in [1.54, 1.807) is 6.07 Å². The van der Waals surface area contributed by atoms with Crippen LogP contribution in [0.2, 0.25) is 10.0 Å². The lowest BCUT2D eigenvalue weighted by atomic mass is 9.81. The number of nitrogens with zero attached hydrogens (tertiary/aromatic N) is 2. The van der Waals surface area contributed by atoms with E-state index in [0.717, 1.165) is 42.8 Å². The molecule has 2 heterocycles. The Bertz CT molecular complexity index is 974. The second-order valence-corrected chi connectivity index (χ2v) is 8.42. The SMILES string of the molecule is CC1(CN)CCN(c2nc3c(c(=O)[nH]2)C(c2cccc(Cl)c2Cl)=CC3)CC1. The Kier molecular flexibility index (Phi) is 4.78. The number of nitrogens with one attached hydrogen (secondary N) is 1. The molecule has 5 nitrogen and oxygen atoms in total. The van der Waals surface area contributed by atoms with Crippen molar-refractivity contribution in [2.75, 3.05) is 24.5 Å². The number of fused-ring (bicyclic) bond motifs is 1. The third-order valence-corrected chi connectivity index (χ3v) is 6.57. The molecule has 0 atom stereocenters. The predicted octanol–water partition coefficient (Wildman–Crippen LogP) is 3.63. The van der Waals surface area contributed by atoms with Gasteiger partial charge >= 0.3 is 0 Å². The Morgan fingerprint density at radius 2 is 2.04 bits per heavy atom. The highest BCUT2D eigenvalue weighted by Crippen LogP contribution is 2.37. The fourth-order valence-corrected chi connectivity index (χ4v) is 4.20. The molecule has 4 rings (SSSR count). The molecule has 1 aromatic heterocycles. The highest BCUT2D eigenvalue weighted by Gasteiger charge is 2.31. The molecule has 1 aromatic carbocycles. The molecule has 3 N–H and O–H groups in total. The largest absolute Gasteiger partial charge is 0.342 e. The summed E-state index contributed by atoms with van der Waals surface area (Å²) in [4.78, 5) is 22.7. The van der Waals surface area contributed by atoms with E-state index in [2.05, 4.69) is 16.8 Å². The Balaban J connectivity index is 1.65. The maximum atomic E-state index is 12.9. The number of hydrogen-bond acceptors (Lipinski definition) is 4. The lowest BCUT2D eigenvalue weighted by Gasteiger charge is -2.38. The molecule has 7 heteroatoms. The highest BCUT2D eigenvalue weighted by atomic mass is 35.5. The summed E-state index contributed by atoms with van der Waals surface area (Å²) in [6.07, 6.45) is 4.59. The first kappa shape index (κ1) is 18.5. The third-order valence-electron chi connectivity index (χ3n) is 5.76. The molecule has 1 fully saturated rings. The van der Waals surface area contributed by atoms with Crippen LogP contribution in [0, 0.1) is 5.41 Å². The van der Waals surface area contributed by atoms with Crippen LogP contribution < -0.4 is 16.2 Å². The minimum Gasteiger partial charge on any atom is -0.342 e. The van der Waals surface area contributed by atoms with Crippen LogP contribution in [-0.4, -0.2) is 29.6 Å². The molecule has 0 radical (unpaired) electrons. The van der Waals surface area contributed by atoms with Crippen molar-refractivity contribution in [3.05, 3.63) is 61.5 Å². The van der Waals surface area contributed by atoms with Gasteiger partial charge in [-0.2, -0.15) is 0 Å². The first-order valence-electron chi connectivity index (χ1n) is 9.15. The second-order valence-electron chi connectivity index (χ2n) is 7.64. The van der Waals surface area contributed by atoms with Crippen molar-refractivity contribution in [3.63, 3.8) is 0 Å². The lowest BCUT2D eigenvalue weighted by molar-refractivity contribution is 0.257. The van der Waals surface area contributed by atoms with Crippen molar-refractivity contribution >= 4 is 34.7 Å². The van der Waals surface area contributed by atoms with E-state index in [0.29, 0.717) is 34.5 Å². The predicted molar refractivity (Wildman–Crippen MR) is 111 cm³/mol. The van der Waals surface area contributed by atoms with Gasteiger partial charge in [0, 0.05) is 25.1 Å². The topological polar surface area (TPSA) is 75.0 Å². The lowest BCUT2D eigenvalue weighted by Crippen LogP contribution is -2.43. The summed E-state index contributed by atoms with van der Waals surface area (Å²) in [7, 11) is 0. The van der Waals surface area contributed by atoms with E-state index >= 15 is 0 Å². The molecule has 0 unspecified atom stereocenters. The molecule has 2 aliphatic rings. The van der Waals surface area contributed by atoms with Gasteiger partial charge in [0.05, 0.1) is 21.3 Å². The maximum absolute atomic E-state index is 12.9. The average molecular weight is 405 g/mol. The second kappa shape index (κ2) is 6.97. The number of allylic oxidation sites excluding steroid dienone is 1. The molecule has 0 bridgehead atoms. The summed E-state index contributed by atoms with van der Waals surface area (Å²) in [6.45, 7) is 4.59. The van der Waals surface area contributed by atoms with Crippen LogP contribution in [0.5, 0.6) is 0 Å². The van der Waals surface area contributed by atoms with Crippen LogP contribution in [-0.2, 0) is 6.42 Å². The van der Waals surface area contributed by atoms with Crippen molar-refractivity contribution in [2.45, 2.75) is 26.2 Å². The number of nitrogens with two attached hydrogens (primary N) is 1. The first-order valence-corrected chi connectivity index (χ1v) is 9.90. The summed E-state index contributed by atoms with van der Waals surface area (Å²) in [5.74, 6) is 0.643. The number of H-pyrrole nitrogens is 1. The zero-order valence-electron chi connectivity index (χ0n) is 15.2. The summed E-state index contributed by atoms with van der Waals surface area (Å²) in [6, 6.07) is 5.45. The van der Waals surface area contributed by atoms with Gasteiger partial charge in [0.15, 0.2) is 0 Å². The zero-order valence-corrected chi connectivity index (χ0v) is 16.7. The van der Waals surface area contributed by atoms with E-state index in [-0.39, 0.29) is 11.0 Å². The summed E-state index contributed by atoms with van der Waals surface area (Å²) >= 11 is 12.5. The number of hydrogen-bond donors (Lipinski definition) is 2. The molecule has 0 saturated carbocycles. The Hall–Kier alpha value is -1.82. The number of halogens is 2. The first-order chi connectivity index (χ1) is 12.9. The highest BCUT2D eigenvalue weighted by molar-refractivity contribution is 6.43. The van der Waals surface area contributed by atoms with E-state index in [4.69, 9.17) is 33.9 Å². The average Bonchev–Trinajstić information content (AvgIpc) is 3.09. The zero-order chi connectivity index (χ0) is 19.2. The Morgan fingerprint density at radius 1 is 1.30 bits per heavy atom. The fourth-order valence-electron chi connectivity index (χ4n) is 3.80. The van der Waals surface area contributed by atoms with Crippen LogP contribution in [0.25, 0.3) is 5.57 Å². The van der Waals surface area contributed by atoms with Gasteiger partial charge in [-0.1, -0.05) is 48.3 Å².